The van der Waals surface area contributed by atoms with Crippen LogP contribution >= 0.6 is 0 Å². The Morgan fingerprint density at radius 1 is 0.800 bits per heavy atom. The maximum Gasteiger partial charge on any atom is 0.289 e. The molecule has 3 rings (SSSR count). The summed E-state index contributed by atoms with van der Waals surface area (Å²) < 4.78 is 23.2. The first kappa shape index (κ1) is 34.5. The third kappa shape index (κ3) is 10.3. The third-order valence-corrected chi connectivity index (χ3v) is 7.66. The van der Waals surface area contributed by atoms with Crippen LogP contribution in [-0.2, 0) is 42.2 Å². The summed E-state index contributed by atoms with van der Waals surface area (Å²) in [6.07, 6.45) is 3.05. The third-order valence-electron chi connectivity index (χ3n) is 6.75. The molecule has 1 aromatic heterocycles. The van der Waals surface area contributed by atoms with Gasteiger partial charge in [-0.2, -0.15) is 0 Å². The molecule has 0 fully saturated rings. The molecule has 0 spiro atoms. The van der Waals surface area contributed by atoms with Crippen molar-refractivity contribution in [3.05, 3.63) is 95.8 Å². The van der Waals surface area contributed by atoms with E-state index in [1.807, 2.05) is 6.07 Å². The first-order chi connectivity index (χ1) is 21.3. The summed E-state index contributed by atoms with van der Waals surface area (Å²) in [5, 5.41) is 15.4. The van der Waals surface area contributed by atoms with Crippen molar-refractivity contribution in [1.82, 2.24) is 26.3 Å². The summed E-state index contributed by atoms with van der Waals surface area (Å²) in [5.74, 6) is -4.26. The van der Waals surface area contributed by atoms with Gasteiger partial charge in [0, 0.05) is 30.9 Å². The van der Waals surface area contributed by atoms with Crippen molar-refractivity contribution >= 4 is 39.4 Å². The number of carbonyl (C=O) groups is 5. The van der Waals surface area contributed by atoms with E-state index in [2.05, 4.69) is 26.3 Å². The maximum atomic E-state index is 13.3. The number of sulfonamides is 1. The van der Waals surface area contributed by atoms with E-state index in [0.717, 1.165) is 5.56 Å². The number of aromatic nitrogens is 1. The monoisotopic (exact) mass is 636 g/mol. The fourth-order valence-electron chi connectivity index (χ4n) is 4.24. The highest BCUT2D eigenvalue weighted by molar-refractivity contribution is 7.89. The number of carbonyl (C=O) groups excluding carboxylic acids is 5. The molecule has 0 saturated heterocycles. The van der Waals surface area contributed by atoms with Crippen molar-refractivity contribution in [2.24, 2.45) is 11.1 Å². The quantitative estimate of drug-likeness (QED) is 0.158. The zero-order valence-corrected chi connectivity index (χ0v) is 25.8. The SMILES string of the molecule is CC(C)[C@H](NC(=O)[C@H](C)NC(=O)[C@H](Cc1ccccc1)NC(=O)c1ccncc1)C(=O)C(=O)NCc1cccc(S(N)(=O)=O)c1. The van der Waals surface area contributed by atoms with E-state index in [4.69, 9.17) is 5.14 Å². The molecule has 14 heteroatoms. The number of nitrogens with two attached hydrogens (primary N) is 1. The largest absolute Gasteiger partial charge is 0.345 e. The topological polar surface area (TPSA) is 207 Å². The molecule has 0 aliphatic heterocycles. The Morgan fingerprint density at radius 2 is 1.44 bits per heavy atom. The average molecular weight is 637 g/mol. The van der Waals surface area contributed by atoms with Crippen molar-refractivity contribution in [2.45, 2.75) is 56.8 Å². The summed E-state index contributed by atoms with van der Waals surface area (Å²) in [6.45, 7) is 4.53. The van der Waals surface area contributed by atoms with Gasteiger partial charge in [0.05, 0.1) is 10.9 Å². The number of hydrogen-bond acceptors (Lipinski definition) is 8. The van der Waals surface area contributed by atoms with E-state index in [0.29, 0.717) is 11.1 Å². The van der Waals surface area contributed by atoms with Gasteiger partial charge >= 0.3 is 0 Å². The first-order valence-electron chi connectivity index (χ1n) is 14.1. The molecule has 3 atom stereocenters. The van der Waals surface area contributed by atoms with Crippen LogP contribution in [0.25, 0.3) is 0 Å². The molecule has 0 aliphatic carbocycles. The number of Topliss-reactive ketones (excluding diaryl/α,β-unsaturated/α-hetero) is 1. The van der Waals surface area contributed by atoms with E-state index in [1.165, 1.54) is 49.6 Å². The predicted octanol–water partition coefficient (Wildman–Crippen LogP) is 0.601. The Kier molecular flexibility index (Phi) is 12.0. The number of primary sulfonamides is 1. The molecule has 2 aromatic carbocycles. The number of nitrogens with one attached hydrogen (secondary N) is 4. The molecule has 3 aromatic rings. The summed E-state index contributed by atoms with van der Waals surface area (Å²) in [4.78, 5) is 68.6. The molecule has 13 nitrogen and oxygen atoms in total. The van der Waals surface area contributed by atoms with Gasteiger partial charge in [0.25, 0.3) is 11.8 Å². The molecule has 0 aliphatic rings. The van der Waals surface area contributed by atoms with E-state index in [1.54, 1.807) is 44.2 Å². The van der Waals surface area contributed by atoms with Gasteiger partial charge in [-0.25, -0.2) is 13.6 Å². The highest BCUT2D eigenvalue weighted by atomic mass is 32.2. The van der Waals surface area contributed by atoms with Crippen LogP contribution in [0.3, 0.4) is 0 Å². The maximum absolute atomic E-state index is 13.3. The Bertz CT molecular complexity index is 1630. The van der Waals surface area contributed by atoms with Crippen LogP contribution in [-0.4, -0.2) is 60.9 Å². The molecule has 0 radical (unpaired) electrons. The molecule has 0 unspecified atom stereocenters. The Labute approximate surface area is 261 Å². The number of ketones is 1. The second kappa shape index (κ2) is 15.7. The van der Waals surface area contributed by atoms with Gasteiger partial charge in [0.15, 0.2) is 0 Å². The van der Waals surface area contributed by atoms with E-state index < -0.39 is 63.5 Å². The fraction of sp³-hybridized carbons (Fsp3) is 0.290. The molecule has 238 valence electrons. The van der Waals surface area contributed by atoms with Crippen LogP contribution in [0.5, 0.6) is 0 Å². The van der Waals surface area contributed by atoms with Crippen LogP contribution < -0.4 is 26.4 Å². The smallest absolute Gasteiger partial charge is 0.289 e. The van der Waals surface area contributed by atoms with Crippen molar-refractivity contribution < 1.29 is 32.4 Å². The normalized spacial score (nSPS) is 13.2. The van der Waals surface area contributed by atoms with Gasteiger partial charge in [-0.15, -0.1) is 0 Å². The fourth-order valence-corrected chi connectivity index (χ4v) is 4.82. The summed E-state index contributed by atoms with van der Waals surface area (Å²) >= 11 is 0. The van der Waals surface area contributed by atoms with Gasteiger partial charge < -0.3 is 21.3 Å². The number of rotatable bonds is 14. The van der Waals surface area contributed by atoms with E-state index in [9.17, 15) is 32.4 Å². The van der Waals surface area contributed by atoms with E-state index in [-0.39, 0.29) is 17.9 Å². The minimum atomic E-state index is -3.96. The minimum absolute atomic E-state index is 0.144. The minimum Gasteiger partial charge on any atom is -0.345 e. The summed E-state index contributed by atoms with van der Waals surface area (Å²) in [6, 6.07) is 14.2. The molecule has 6 N–H and O–H groups in total. The molecular formula is C31H36N6O7S. The van der Waals surface area contributed by atoms with E-state index >= 15 is 0 Å². The van der Waals surface area contributed by atoms with Crippen molar-refractivity contribution in [3.63, 3.8) is 0 Å². The second-order valence-corrected chi connectivity index (χ2v) is 12.2. The van der Waals surface area contributed by atoms with Crippen LogP contribution in [0.15, 0.2) is 84.0 Å². The highest BCUT2D eigenvalue weighted by Crippen LogP contribution is 2.11. The summed E-state index contributed by atoms with van der Waals surface area (Å²) in [5.41, 5.74) is 1.47. The number of pyridine rings is 1. The average Bonchev–Trinajstić information content (AvgIpc) is 3.02. The van der Waals surface area contributed by atoms with Gasteiger partial charge in [-0.05, 0) is 48.2 Å². The van der Waals surface area contributed by atoms with Crippen molar-refractivity contribution in [1.29, 1.82) is 0 Å². The van der Waals surface area contributed by atoms with Gasteiger partial charge in [0.2, 0.25) is 27.6 Å². The van der Waals surface area contributed by atoms with Crippen molar-refractivity contribution in [3.8, 4) is 0 Å². The zero-order chi connectivity index (χ0) is 33.1. The summed E-state index contributed by atoms with van der Waals surface area (Å²) in [7, 11) is -3.96. The second-order valence-electron chi connectivity index (χ2n) is 10.7. The molecule has 0 bridgehead atoms. The Hall–Kier alpha value is -4.95. The molecule has 1 heterocycles. The standard InChI is InChI=1S/C31H36N6O7S/c1-19(2)26(27(38)31(42)34-18-22-10-7-11-24(16-22)45(32,43)44)37-28(39)20(3)35-30(41)25(17-21-8-5-4-6-9-21)36-29(40)23-12-14-33-15-13-23/h4-16,19-20,25-26H,17-18H2,1-3H3,(H,34,42)(H,35,41)(H,36,40)(H,37,39)(H2,32,43,44)/t20-,25-,26-/m0/s1. The lowest BCUT2D eigenvalue weighted by atomic mass is 9.98. The Morgan fingerprint density at radius 3 is 2.07 bits per heavy atom. The number of hydrogen-bond donors (Lipinski definition) is 5. The van der Waals surface area contributed by atoms with Crippen LogP contribution in [0.1, 0.15) is 42.3 Å². The molecule has 4 amide bonds. The molecular weight excluding hydrogens is 600 g/mol. The Balaban J connectivity index is 1.65. The van der Waals surface area contributed by atoms with Gasteiger partial charge in [-0.1, -0.05) is 56.3 Å². The van der Waals surface area contributed by atoms with Crippen LogP contribution in [0.2, 0.25) is 0 Å². The number of benzene rings is 2. The molecule has 0 saturated carbocycles. The predicted molar refractivity (Wildman–Crippen MR) is 165 cm³/mol. The number of amides is 4. The first-order valence-corrected chi connectivity index (χ1v) is 15.6. The lowest BCUT2D eigenvalue weighted by Crippen LogP contribution is -2.57. The van der Waals surface area contributed by atoms with Crippen molar-refractivity contribution in [2.75, 3.05) is 0 Å². The van der Waals surface area contributed by atoms with Gasteiger partial charge in [0.1, 0.15) is 12.1 Å². The molecule has 45 heavy (non-hydrogen) atoms. The van der Waals surface area contributed by atoms with Gasteiger partial charge in [-0.3, -0.25) is 29.0 Å². The zero-order valence-electron chi connectivity index (χ0n) is 25.0. The van der Waals surface area contributed by atoms with Crippen LogP contribution in [0, 0.1) is 5.92 Å². The lowest BCUT2D eigenvalue weighted by Gasteiger charge is -2.25. The van der Waals surface area contributed by atoms with Crippen LogP contribution in [0.4, 0.5) is 0 Å². The lowest BCUT2D eigenvalue weighted by molar-refractivity contribution is -0.141. The highest BCUT2D eigenvalue weighted by Gasteiger charge is 2.32. The number of nitrogens with zero attached hydrogens (tertiary/aromatic N) is 1.